The Hall–Kier alpha value is -3.66. The van der Waals surface area contributed by atoms with E-state index in [1.54, 1.807) is 48.0 Å². The molecule has 11 heteroatoms. The summed E-state index contributed by atoms with van der Waals surface area (Å²) in [6.45, 7) is 2.92. The lowest BCUT2D eigenvalue weighted by atomic mass is 9.71. The Balaban J connectivity index is 1.36. The minimum atomic E-state index is -1.23. The molecule has 8 rings (SSSR count). The van der Waals surface area contributed by atoms with Crippen molar-refractivity contribution in [1.82, 2.24) is 14.7 Å². The number of carboxylic acids is 1. The van der Waals surface area contributed by atoms with Gasteiger partial charge in [-0.15, -0.1) is 0 Å². The van der Waals surface area contributed by atoms with Gasteiger partial charge < -0.3 is 15.2 Å². The van der Waals surface area contributed by atoms with Crippen LogP contribution in [0.3, 0.4) is 0 Å². The number of carbonyl (C=O) groups excluding carboxylic acids is 1. The number of likely N-dealkylation sites (tertiary alicyclic amines) is 1. The molecule has 0 unspecified atom stereocenters. The minimum Gasteiger partial charge on any atom is -0.478 e. The van der Waals surface area contributed by atoms with E-state index in [-0.39, 0.29) is 35.1 Å². The van der Waals surface area contributed by atoms with E-state index < -0.39 is 23.2 Å². The lowest BCUT2D eigenvalue weighted by Crippen LogP contribution is -2.53. The van der Waals surface area contributed by atoms with Gasteiger partial charge in [-0.3, -0.25) is 9.69 Å². The SMILES string of the molecule is Cc1cc2nn3c(c2cc1C(=O)O)OC[C@H]1[C@@H](C3)[C@H](c2cccc(Cl)c2F)[C@]2(C(=O)Nc3cc(Cl)ccc32)N1CC1CC1. The smallest absolute Gasteiger partial charge is 0.335 e. The predicted octanol–water partition coefficient (Wildman–Crippen LogP) is 6.22. The van der Waals surface area contributed by atoms with Gasteiger partial charge in [-0.1, -0.05) is 41.4 Å². The summed E-state index contributed by atoms with van der Waals surface area (Å²) in [7, 11) is 0. The Bertz CT molecular complexity index is 1870. The number of aryl methyl sites for hydroxylation is 1. The molecule has 1 aromatic heterocycles. The molecular formula is C32H27Cl2FN4O4. The lowest BCUT2D eigenvalue weighted by molar-refractivity contribution is -0.128. The molecule has 4 heterocycles. The van der Waals surface area contributed by atoms with Crippen molar-refractivity contribution in [3.8, 4) is 5.88 Å². The first-order chi connectivity index (χ1) is 20.7. The van der Waals surface area contributed by atoms with Crippen molar-refractivity contribution in [3.05, 3.63) is 86.6 Å². The first kappa shape index (κ1) is 26.9. The van der Waals surface area contributed by atoms with E-state index in [9.17, 15) is 14.7 Å². The van der Waals surface area contributed by atoms with Gasteiger partial charge in [-0.2, -0.15) is 5.10 Å². The highest BCUT2D eigenvalue weighted by Crippen LogP contribution is 2.61. The monoisotopic (exact) mass is 620 g/mol. The van der Waals surface area contributed by atoms with Crippen LogP contribution in [0.4, 0.5) is 10.1 Å². The number of halogens is 3. The molecule has 1 amide bonds. The van der Waals surface area contributed by atoms with Crippen LogP contribution in [0.25, 0.3) is 10.9 Å². The van der Waals surface area contributed by atoms with E-state index in [1.807, 2.05) is 6.07 Å². The van der Waals surface area contributed by atoms with Crippen molar-refractivity contribution in [2.75, 3.05) is 18.5 Å². The zero-order valence-electron chi connectivity index (χ0n) is 23.1. The lowest BCUT2D eigenvalue weighted by Gasteiger charge is -2.40. The maximum Gasteiger partial charge on any atom is 0.335 e. The zero-order chi connectivity index (χ0) is 29.8. The van der Waals surface area contributed by atoms with Crippen molar-refractivity contribution in [1.29, 1.82) is 0 Å². The maximum absolute atomic E-state index is 16.1. The Morgan fingerprint density at radius 2 is 2.02 bits per heavy atom. The largest absolute Gasteiger partial charge is 0.478 e. The Labute approximate surface area is 256 Å². The van der Waals surface area contributed by atoms with Gasteiger partial charge in [-0.05, 0) is 67.1 Å². The van der Waals surface area contributed by atoms with Crippen LogP contribution in [0.2, 0.25) is 10.0 Å². The Morgan fingerprint density at radius 3 is 2.79 bits per heavy atom. The molecule has 0 radical (unpaired) electrons. The molecule has 0 bridgehead atoms. The molecule has 2 fully saturated rings. The molecule has 3 aliphatic heterocycles. The summed E-state index contributed by atoms with van der Waals surface area (Å²) in [6, 6.07) is 13.4. The Morgan fingerprint density at radius 1 is 1.21 bits per heavy atom. The fourth-order valence-electron chi connectivity index (χ4n) is 7.74. The van der Waals surface area contributed by atoms with Crippen LogP contribution in [0.15, 0.2) is 48.5 Å². The van der Waals surface area contributed by atoms with Gasteiger partial charge in [0.1, 0.15) is 18.0 Å². The molecule has 1 saturated heterocycles. The number of rotatable bonds is 4. The normalized spacial score (nSPS) is 26.1. The maximum atomic E-state index is 16.1. The van der Waals surface area contributed by atoms with Gasteiger partial charge in [0.25, 0.3) is 0 Å². The number of benzene rings is 3. The van der Waals surface area contributed by atoms with Crippen LogP contribution >= 0.6 is 23.2 Å². The standard InChI is InChI=1S/C32H27Cl2FN4O4/c1-15-9-24-20(11-19(15)30(40)41)29-39(37-24)13-21-26(14-43-29)38(12-16-5-6-16)32(27(21)18-3-2-4-23(34)28(18)35)22-8-7-17(33)10-25(22)36-31(32)42/h2-4,7-11,16,21,26-27H,5-6,12-14H2,1H3,(H,36,42)(H,40,41)/t21-,26+,27+,32-/m1/s1. The van der Waals surface area contributed by atoms with E-state index >= 15 is 4.39 Å². The van der Waals surface area contributed by atoms with E-state index in [2.05, 4.69) is 10.2 Å². The highest BCUT2D eigenvalue weighted by atomic mass is 35.5. The van der Waals surface area contributed by atoms with Gasteiger partial charge in [0, 0.05) is 41.2 Å². The van der Waals surface area contributed by atoms with Crippen LogP contribution in [0.5, 0.6) is 5.88 Å². The van der Waals surface area contributed by atoms with E-state index in [4.69, 9.17) is 33.0 Å². The van der Waals surface area contributed by atoms with Crippen molar-refractivity contribution in [2.45, 2.75) is 43.8 Å². The molecule has 220 valence electrons. The molecule has 3 aromatic carbocycles. The number of carbonyl (C=O) groups is 2. The van der Waals surface area contributed by atoms with Crippen molar-refractivity contribution in [2.24, 2.45) is 11.8 Å². The second kappa shape index (κ2) is 9.42. The number of aromatic nitrogens is 2. The first-order valence-electron chi connectivity index (χ1n) is 14.4. The van der Waals surface area contributed by atoms with Gasteiger partial charge in [-0.25, -0.2) is 13.9 Å². The van der Waals surface area contributed by atoms with E-state index in [1.165, 1.54) is 6.07 Å². The number of anilines is 1. The van der Waals surface area contributed by atoms with Gasteiger partial charge >= 0.3 is 5.97 Å². The van der Waals surface area contributed by atoms with E-state index in [0.29, 0.717) is 57.6 Å². The predicted molar refractivity (Wildman–Crippen MR) is 160 cm³/mol. The minimum absolute atomic E-state index is 0.00774. The third-order valence-electron chi connectivity index (χ3n) is 9.72. The average Bonchev–Trinajstić information content (AvgIpc) is 3.63. The molecule has 1 saturated carbocycles. The summed E-state index contributed by atoms with van der Waals surface area (Å²) >= 11 is 12.7. The molecule has 43 heavy (non-hydrogen) atoms. The number of hydrogen-bond acceptors (Lipinski definition) is 5. The second-order valence-electron chi connectivity index (χ2n) is 12.1. The van der Waals surface area contributed by atoms with Crippen LogP contribution in [-0.4, -0.2) is 50.9 Å². The third-order valence-corrected chi connectivity index (χ3v) is 10.2. The van der Waals surface area contributed by atoms with Gasteiger partial charge in [0.05, 0.1) is 27.5 Å². The average molecular weight is 621 g/mol. The third kappa shape index (κ3) is 3.81. The van der Waals surface area contributed by atoms with Crippen LogP contribution in [0, 0.1) is 24.6 Å². The summed E-state index contributed by atoms with van der Waals surface area (Å²) in [5.74, 6) is -1.87. The highest BCUT2D eigenvalue weighted by molar-refractivity contribution is 6.31. The topological polar surface area (TPSA) is 96.7 Å². The first-order valence-corrected chi connectivity index (χ1v) is 15.1. The second-order valence-corrected chi connectivity index (χ2v) is 13.0. The molecule has 1 aliphatic carbocycles. The summed E-state index contributed by atoms with van der Waals surface area (Å²) in [6.07, 6.45) is 2.11. The summed E-state index contributed by atoms with van der Waals surface area (Å²) < 4.78 is 24.4. The molecule has 4 aliphatic rings. The van der Waals surface area contributed by atoms with Crippen LogP contribution in [0.1, 0.15) is 45.8 Å². The molecule has 4 aromatic rings. The number of nitrogens with one attached hydrogen (secondary N) is 1. The fourth-order valence-corrected chi connectivity index (χ4v) is 8.09. The van der Waals surface area contributed by atoms with Gasteiger partial charge in [0.2, 0.25) is 11.8 Å². The quantitative estimate of drug-likeness (QED) is 0.281. The Kier molecular flexibility index (Phi) is 5.90. The summed E-state index contributed by atoms with van der Waals surface area (Å²) in [5.41, 5.74) is 1.90. The van der Waals surface area contributed by atoms with Crippen LogP contribution in [-0.2, 0) is 16.9 Å². The molecule has 8 nitrogen and oxygen atoms in total. The van der Waals surface area contributed by atoms with E-state index in [0.717, 1.165) is 18.4 Å². The number of nitrogens with zero attached hydrogens (tertiary/aromatic N) is 3. The number of carboxylic acid groups (broad SMARTS) is 1. The molecular weight excluding hydrogens is 594 g/mol. The summed E-state index contributed by atoms with van der Waals surface area (Å²) in [5, 5.41) is 18.8. The summed E-state index contributed by atoms with van der Waals surface area (Å²) in [4.78, 5) is 28.6. The number of ether oxygens (including phenoxy) is 1. The fraction of sp³-hybridized carbons (Fsp3) is 0.344. The number of hydrogen-bond donors (Lipinski definition) is 2. The molecule has 4 atom stereocenters. The van der Waals surface area contributed by atoms with Gasteiger partial charge in [0.15, 0.2) is 0 Å². The zero-order valence-corrected chi connectivity index (χ0v) is 24.6. The molecule has 2 N–H and O–H groups in total. The highest BCUT2D eigenvalue weighted by Gasteiger charge is 2.68. The van der Waals surface area contributed by atoms with Crippen molar-refractivity contribution >= 4 is 51.7 Å². The van der Waals surface area contributed by atoms with Crippen molar-refractivity contribution in [3.63, 3.8) is 0 Å². The van der Waals surface area contributed by atoms with Crippen molar-refractivity contribution < 1.29 is 23.8 Å². The molecule has 1 spiro atoms. The van der Waals surface area contributed by atoms with Crippen LogP contribution < -0.4 is 10.1 Å². The number of amides is 1. The number of aromatic carboxylic acids is 1. The number of fused-ring (bicyclic) bond motifs is 6.